The van der Waals surface area contributed by atoms with Crippen LogP contribution in [0.4, 0.5) is 0 Å². The van der Waals surface area contributed by atoms with Gasteiger partial charge in [-0.25, -0.2) is 4.79 Å². The standard InChI is InChI=1S/C17H16O3.H3N/c1-13(17(18)19)11-14-7-9-16(10-8-14)20-12-15-5-3-2-4-6-15;/h2-11H,12H2,1H3,(H,18,19);1H3. The third-order valence-electron chi connectivity index (χ3n) is 2.85. The predicted molar refractivity (Wildman–Crippen MR) is 83.5 cm³/mol. The topological polar surface area (TPSA) is 81.5 Å². The zero-order valence-electron chi connectivity index (χ0n) is 12.0. The Balaban J connectivity index is 0.00000220. The van der Waals surface area contributed by atoms with E-state index in [0.717, 1.165) is 16.9 Å². The van der Waals surface area contributed by atoms with Crippen LogP contribution in [-0.4, -0.2) is 11.1 Å². The molecule has 0 amide bonds. The number of carboxylic acids is 1. The van der Waals surface area contributed by atoms with Gasteiger partial charge in [-0.15, -0.1) is 0 Å². The summed E-state index contributed by atoms with van der Waals surface area (Å²) in [5, 5.41) is 8.82. The van der Waals surface area contributed by atoms with Crippen LogP contribution < -0.4 is 10.9 Å². The lowest BCUT2D eigenvalue weighted by molar-refractivity contribution is -0.132. The molecule has 0 fully saturated rings. The van der Waals surface area contributed by atoms with Gasteiger partial charge in [0.05, 0.1) is 0 Å². The molecule has 0 saturated carbocycles. The molecule has 0 radical (unpaired) electrons. The second-order valence-electron chi connectivity index (χ2n) is 4.48. The van der Waals surface area contributed by atoms with Crippen LogP contribution in [0.3, 0.4) is 0 Å². The van der Waals surface area contributed by atoms with E-state index >= 15 is 0 Å². The Hall–Kier alpha value is -2.59. The monoisotopic (exact) mass is 285 g/mol. The van der Waals surface area contributed by atoms with Crippen LogP contribution in [-0.2, 0) is 11.4 Å². The van der Waals surface area contributed by atoms with Crippen molar-refractivity contribution >= 4 is 12.0 Å². The average Bonchev–Trinajstić information content (AvgIpc) is 2.47. The van der Waals surface area contributed by atoms with Crippen molar-refractivity contribution in [2.24, 2.45) is 0 Å². The molecule has 21 heavy (non-hydrogen) atoms. The van der Waals surface area contributed by atoms with Gasteiger partial charge in [-0.2, -0.15) is 0 Å². The van der Waals surface area contributed by atoms with Crippen molar-refractivity contribution in [3.8, 4) is 5.75 Å². The summed E-state index contributed by atoms with van der Waals surface area (Å²) in [4.78, 5) is 10.7. The summed E-state index contributed by atoms with van der Waals surface area (Å²) in [6.45, 7) is 2.09. The Morgan fingerprint density at radius 3 is 2.29 bits per heavy atom. The van der Waals surface area contributed by atoms with E-state index in [1.165, 1.54) is 0 Å². The van der Waals surface area contributed by atoms with Crippen molar-refractivity contribution in [1.82, 2.24) is 6.15 Å². The SMILES string of the molecule is CC(=Cc1ccc(OCc2ccccc2)cc1)C(=O)O.N. The van der Waals surface area contributed by atoms with Gasteiger partial charge in [-0.05, 0) is 36.3 Å². The number of rotatable bonds is 5. The first kappa shape index (κ1) is 16.5. The maximum Gasteiger partial charge on any atom is 0.331 e. The van der Waals surface area contributed by atoms with E-state index in [1.54, 1.807) is 13.0 Å². The molecule has 4 heteroatoms. The lowest BCUT2D eigenvalue weighted by atomic mass is 10.1. The van der Waals surface area contributed by atoms with E-state index in [4.69, 9.17) is 9.84 Å². The van der Waals surface area contributed by atoms with Gasteiger partial charge in [0.1, 0.15) is 12.4 Å². The summed E-state index contributed by atoms with van der Waals surface area (Å²) in [6, 6.07) is 17.3. The van der Waals surface area contributed by atoms with E-state index in [0.29, 0.717) is 12.2 Å². The highest BCUT2D eigenvalue weighted by Gasteiger charge is 2.00. The third-order valence-corrected chi connectivity index (χ3v) is 2.85. The normalized spacial score (nSPS) is 10.6. The number of benzene rings is 2. The average molecular weight is 285 g/mol. The minimum absolute atomic E-state index is 0. The van der Waals surface area contributed by atoms with Gasteiger partial charge >= 0.3 is 5.97 Å². The van der Waals surface area contributed by atoms with Crippen molar-refractivity contribution in [2.45, 2.75) is 13.5 Å². The van der Waals surface area contributed by atoms with Crippen LogP contribution in [0.2, 0.25) is 0 Å². The fourth-order valence-corrected chi connectivity index (χ4v) is 1.71. The van der Waals surface area contributed by atoms with Gasteiger partial charge in [-0.1, -0.05) is 42.5 Å². The highest BCUT2D eigenvalue weighted by Crippen LogP contribution is 2.16. The van der Waals surface area contributed by atoms with Crippen LogP contribution in [0.1, 0.15) is 18.1 Å². The number of aliphatic carboxylic acids is 1. The molecule has 0 spiro atoms. The van der Waals surface area contributed by atoms with Crippen molar-refractivity contribution < 1.29 is 14.6 Å². The molecule has 2 rings (SSSR count). The number of hydrogen-bond donors (Lipinski definition) is 2. The maximum atomic E-state index is 10.7. The summed E-state index contributed by atoms with van der Waals surface area (Å²) in [5.41, 5.74) is 2.26. The summed E-state index contributed by atoms with van der Waals surface area (Å²) >= 11 is 0. The predicted octanol–water partition coefficient (Wildman–Crippen LogP) is 3.92. The molecule has 0 aliphatic heterocycles. The quantitative estimate of drug-likeness (QED) is 0.816. The van der Waals surface area contributed by atoms with Crippen molar-refractivity contribution in [3.05, 3.63) is 71.3 Å². The van der Waals surface area contributed by atoms with Gasteiger partial charge in [-0.3, -0.25) is 0 Å². The molecule has 0 bridgehead atoms. The highest BCUT2D eigenvalue weighted by molar-refractivity contribution is 5.91. The first-order chi connectivity index (χ1) is 9.65. The van der Waals surface area contributed by atoms with E-state index < -0.39 is 5.97 Å². The van der Waals surface area contributed by atoms with E-state index in [1.807, 2.05) is 54.6 Å². The van der Waals surface area contributed by atoms with E-state index in [2.05, 4.69) is 0 Å². The molecule has 0 aliphatic carbocycles. The van der Waals surface area contributed by atoms with E-state index in [9.17, 15) is 4.79 Å². The summed E-state index contributed by atoms with van der Waals surface area (Å²) in [5.74, 6) is -0.145. The smallest absolute Gasteiger partial charge is 0.331 e. The Labute approximate surface area is 124 Å². The third kappa shape index (κ3) is 5.12. The van der Waals surface area contributed by atoms with Gasteiger partial charge < -0.3 is 16.0 Å². The molecular weight excluding hydrogens is 266 g/mol. The second kappa shape index (κ2) is 7.87. The number of carbonyl (C=O) groups is 1. The van der Waals surface area contributed by atoms with Crippen LogP contribution >= 0.6 is 0 Å². The fraction of sp³-hybridized carbons (Fsp3) is 0.118. The molecule has 0 aliphatic rings. The summed E-state index contributed by atoms with van der Waals surface area (Å²) in [7, 11) is 0. The number of ether oxygens (including phenoxy) is 1. The van der Waals surface area contributed by atoms with Crippen molar-refractivity contribution in [2.75, 3.05) is 0 Å². The molecular formula is C17H19NO3. The Kier molecular flexibility index (Phi) is 6.17. The van der Waals surface area contributed by atoms with Gasteiger partial charge in [0.25, 0.3) is 0 Å². The number of hydrogen-bond acceptors (Lipinski definition) is 3. The van der Waals surface area contributed by atoms with Crippen LogP contribution in [0, 0.1) is 0 Å². The highest BCUT2D eigenvalue weighted by atomic mass is 16.5. The summed E-state index contributed by atoms with van der Waals surface area (Å²) < 4.78 is 5.66. The number of carboxylic acid groups (broad SMARTS) is 1. The lowest BCUT2D eigenvalue weighted by Crippen LogP contribution is -1.96. The van der Waals surface area contributed by atoms with Gasteiger partial charge in [0.2, 0.25) is 0 Å². The molecule has 0 atom stereocenters. The first-order valence-electron chi connectivity index (χ1n) is 6.33. The van der Waals surface area contributed by atoms with Gasteiger partial charge in [0.15, 0.2) is 0 Å². The molecule has 2 aromatic rings. The van der Waals surface area contributed by atoms with Crippen LogP contribution in [0.15, 0.2) is 60.2 Å². The maximum absolute atomic E-state index is 10.7. The molecule has 4 N–H and O–H groups in total. The molecule has 0 saturated heterocycles. The van der Waals surface area contributed by atoms with Crippen molar-refractivity contribution in [1.29, 1.82) is 0 Å². The molecule has 0 unspecified atom stereocenters. The van der Waals surface area contributed by atoms with Crippen molar-refractivity contribution in [3.63, 3.8) is 0 Å². The minimum atomic E-state index is -0.908. The Morgan fingerprint density at radius 2 is 1.71 bits per heavy atom. The molecule has 4 nitrogen and oxygen atoms in total. The molecule has 0 heterocycles. The molecule has 110 valence electrons. The van der Waals surface area contributed by atoms with E-state index in [-0.39, 0.29) is 6.15 Å². The first-order valence-corrected chi connectivity index (χ1v) is 6.33. The second-order valence-corrected chi connectivity index (χ2v) is 4.48. The van der Waals surface area contributed by atoms with Crippen LogP contribution in [0.25, 0.3) is 6.08 Å². The van der Waals surface area contributed by atoms with Crippen LogP contribution in [0.5, 0.6) is 5.75 Å². The zero-order valence-corrected chi connectivity index (χ0v) is 12.0. The zero-order chi connectivity index (χ0) is 14.4. The Bertz CT molecular complexity index is 604. The molecule has 2 aromatic carbocycles. The van der Waals surface area contributed by atoms with Gasteiger partial charge in [0, 0.05) is 5.57 Å². The fourth-order valence-electron chi connectivity index (χ4n) is 1.71. The lowest BCUT2D eigenvalue weighted by Gasteiger charge is -2.06. The summed E-state index contributed by atoms with van der Waals surface area (Å²) in [6.07, 6.45) is 1.63. The largest absolute Gasteiger partial charge is 0.489 e. The molecule has 0 aromatic heterocycles. The Morgan fingerprint density at radius 1 is 1.10 bits per heavy atom. The minimum Gasteiger partial charge on any atom is -0.489 e.